The maximum Gasteiger partial charge on any atom is 0.418 e. The molecule has 0 aliphatic carbocycles. The predicted molar refractivity (Wildman–Crippen MR) is 68.1 cm³/mol. The molecule has 0 spiro atoms. The number of carbonyl (C=O) groups excluding carboxylic acids is 1. The lowest BCUT2D eigenvalue weighted by Crippen LogP contribution is -2.18. The molecule has 110 valence electrons. The van der Waals surface area contributed by atoms with Gasteiger partial charge in [0, 0.05) is 12.3 Å². The van der Waals surface area contributed by atoms with Gasteiger partial charge in [-0.1, -0.05) is 12.1 Å². The number of aromatic hydroxyl groups is 1. The molecular weight excluding hydrogens is 289 g/mol. The number of amides is 1. The summed E-state index contributed by atoms with van der Waals surface area (Å²) in [5, 5.41) is 11.5. The number of carbonyl (C=O) groups is 1. The number of rotatable bonds is 2. The van der Waals surface area contributed by atoms with Crippen LogP contribution < -0.4 is 10.9 Å². The Morgan fingerprint density at radius 3 is 2.52 bits per heavy atom. The zero-order chi connectivity index (χ0) is 15.6. The Balaban J connectivity index is 2.35. The van der Waals surface area contributed by atoms with Gasteiger partial charge in [-0.15, -0.1) is 0 Å². The number of hydrogen-bond acceptors (Lipinski definition) is 3. The van der Waals surface area contributed by atoms with E-state index in [4.69, 9.17) is 0 Å². The van der Waals surface area contributed by atoms with E-state index in [-0.39, 0.29) is 5.56 Å². The Labute approximate surface area is 116 Å². The Kier molecular flexibility index (Phi) is 3.70. The molecule has 0 radical (unpaired) electrons. The monoisotopic (exact) mass is 298 g/mol. The highest BCUT2D eigenvalue weighted by Gasteiger charge is 2.33. The van der Waals surface area contributed by atoms with Crippen LogP contribution in [0.3, 0.4) is 0 Å². The normalized spacial score (nSPS) is 11.2. The minimum atomic E-state index is -4.63. The second-order valence-electron chi connectivity index (χ2n) is 4.09. The minimum absolute atomic E-state index is 0.341. The van der Waals surface area contributed by atoms with Gasteiger partial charge in [-0.25, -0.2) is 0 Å². The summed E-state index contributed by atoms with van der Waals surface area (Å²) in [4.78, 5) is 24.9. The van der Waals surface area contributed by atoms with Gasteiger partial charge in [0.15, 0.2) is 0 Å². The van der Waals surface area contributed by atoms with Crippen molar-refractivity contribution >= 4 is 11.6 Å². The van der Waals surface area contributed by atoms with E-state index >= 15 is 0 Å². The molecule has 3 N–H and O–H groups in total. The van der Waals surface area contributed by atoms with Gasteiger partial charge < -0.3 is 15.4 Å². The largest absolute Gasteiger partial charge is 0.507 e. The number of para-hydroxylation sites is 1. The number of alkyl halides is 3. The number of aromatic amines is 1. The van der Waals surface area contributed by atoms with Gasteiger partial charge in [-0.05, 0) is 12.1 Å². The van der Waals surface area contributed by atoms with Gasteiger partial charge >= 0.3 is 6.18 Å². The molecule has 1 aromatic heterocycles. The average molecular weight is 298 g/mol. The first-order valence-electron chi connectivity index (χ1n) is 5.68. The van der Waals surface area contributed by atoms with Crippen LogP contribution in [0.4, 0.5) is 18.9 Å². The van der Waals surface area contributed by atoms with Crippen LogP contribution in [-0.2, 0) is 6.18 Å². The highest BCUT2D eigenvalue weighted by molar-refractivity contribution is 6.06. The number of pyridine rings is 1. The maximum absolute atomic E-state index is 12.8. The van der Waals surface area contributed by atoms with E-state index in [0.717, 1.165) is 24.4 Å². The molecule has 8 heteroatoms. The van der Waals surface area contributed by atoms with Crippen LogP contribution in [0.2, 0.25) is 0 Å². The first-order valence-corrected chi connectivity index (χ1v) is 5.68. The molecule has 0 atom stereocenters. The quantitative estimate of drug-likeness (QED) is 0.796. The summed E-state index contributed by atoms with van der Waals surface area (Å²) in [5.41, 5.74) is -2.44. The first-order chi connectivity index (χ1) is 9.79. The molecule has 0 saturated heterocycles. The summed E-state index contributed by atoms with van der Waals surface area (Å²) in [6.07, 6.45) is -3.71. The molecule has 0 bridgehead atoms. The fraction of sp³-hybridized carbons (Fsp3) is 0.0769. The Morgan fingerprint density at radius 1 is 1.24 bits per heavy atom. The molecule has 1 amide bonds. The van der Waals surface area contributed by atoms with Crippen molar-refractivity contribution in [1.29, 1.82) is 0 Å². The van der Waals surface area contributed by atoms with Gasteiger partial charge in [-0.3, -0.25) is 9.59 Å². The zero-order valence-corrected chi connectivity index (χ0v) is 10.4. The maximum atomic E-state index is 12.8. The van der Waals surface area contributed by atoms with E-state index in [1.807, 2.05) is 0 Å². The van der Waals surface area contributed by atoms with Crippen LogP contribution >= 0.6 is 0 Å². The summed E-state index contributed by atoms with van der Waals surface area (Å²) >= 11 is 0. The van der Waals surface area contributed by atoms with Crippen molar-refractivity contribution in [3.63, 3.8) is 0 Å². The van der Waals surface area contributed by atoms with Crippen LogP contribution in [0.1, 0.15) is 15.9 Å². The number of H-pyrrole nitrogens is 1. The molecule has 1 heterocycles. The summed E-state index contributed by atoms with van der Waals surface area (Å²) in [6, 6.07) is 5.18. The third-order valence-electron chi connectivity index (χ3n) is 2.63. The van der Waals surface area contributed by atoms with Gasteiger partial charge in [0.25, 0.3) is 11.5 Å². The second kappa shape index (κ2) is 5.31. The molecule has 0 unspecified atom stereocenters. The van der Waals surface area contributed by atoms with Crippen molar-refractivity contribution in [1.82, 2.24) is 4.98 Å². The Bertz CT molecular complexity index is 738. The smallest absolute Gasteiger partial charge is 0.418 e. The van der Waals surface area contributed by atoms with Crippen molar-refractivity contribution in [3.05, 3.63) is 58.0 Å². The molecule has 1 aromatic carbocycles. The van der Waals surface area contributed by atoms with Crippen molar-refractivity contribution in [3.8, 4) is 5.75 Å². The third-order valence-corrected chi connectivity index (χ3v) is 2.63. The summed E-state index contributed by atoms with van der Waals surface area (Å²) in [7, 11) is 0. The fourth-order valence-electron chi connectivity index (χ4n) is 1.67. The van der Waals surface area contributed by atoms with Crippen LogP contribution in [0.25, 0.3) is 0 Å². The van der Waals surface area contributed by atoms with Crippen molar-refractivity contribution in [2.75, 3.05) is 5.32 Å². The lowest BCUT2D eigenvalue weighted by molar-refractivity contribution is -0.136. The number of benzene rings is 1. The SMILES string of the molecule is O=C(Nc1ccccc1C(F)(F)F)c1c[nH]c(=O)cc1O. The number of hydrogen-bond donors (Lipinski definition) is 3. The van der Waals surface area contributed by atoms with E-state index < -0.39 is 34.6 Å². The second-order valence-corrected chi connectivity index (χ2v) is 4.09. The minimum Gasteiger partial charge on any atom is -0.507 e. The lowest BCUT2D eigenvalue weighted by Gasteiger charge is -2.13. The number of anilines is 1. The third kappa shape index (κ3) is 3.22. The zero-order valence-electron chi connectivity index (χ0n) is 10.4. The van der Waals surface area contributed by atoms with E-state index in [0.29, 0.717) is 0 Å². The standard InChI is InChI=1S/C13H9F3N2O3/c14-13(15,16)8-3-1-2-4-9(8)18-12(21)7-6-17-11(20)5-10(7)19/h1-6H,(H,18,21)(H2,17,19,20). The van der Waals surface area contributed by atoms with Crippen molar-refractivity contribution < 1.29 is 23.1 Å². The van der Waals surface area contributed by atoms with E-state index in [1.54, 1.807) is 0 Å². The molecule has 0 aliphatic heterocycles. The summed E-state index contributed by atoms with van der Waals surface area (Å²) in [5.74, 6) is -1.60. The number of aromatic nitrogens is 1. The number of nitrogens with one attached hydrogen (secondary N) is 2. The highest BCUT2D eigenvalue weighted by atomic mass is 19.4. The van der Waals surface area contributed by atoms with Crippen LogP contribution in [0.15, 0.2) is 41.3 Å². The lowest BCUT2D eigenvalue weighted by atomic mass is 10.1. The van der Waals surface area contributed by atoms with E-state index in [2.05, 4.69) is 10.3 Å². The van der Waals surface area contributed by atoms with Crippen molar-refractivity contribution in [2.45, 2.75) is 6.18 Å². The molecule has 0 saturated carbocycles. The van der Waals surface area contributed by atoms with Gasteiger partial charge in [0.2, 0.25) is 0 Å². The van der Waals surface area contributed by atoms with E-state index in [1.165, 1.54) is 12.1 Å². The first kappa shape index (κ1) is 14.6. The average Bonchev–Trinajstić information content (AvgIpc) is 2.37. The molecule has 5 nitrogen and oxygen atoms in total. The van der Waals surface area contributed by atoms with Crippen LogP contribution in [0, 0.1) is 0 Å². The topological polar surface area (TPSA) is 82.2 Å². The van der Waals surface area contributed by atoms with Gasteiger partial charge in [0.05, 0.1) is 16.8 Å². The Hall–Kier alpha value is -2.77. The van der Waals surface area contributed by atoms with Crippen LogP contribution in [0.5, 0.6) is 5.75 Å². The van der Waals surface area contributed by atoms with Crippen LogP contribution in [-0.4, -0.2) is 16.0 Å². The molecule has 2 aromatic rings. The molecule has 0 aliphatic rings. The summed E-state index contributed by atoms with van der Waals surface area (Å²) < 4.78 is 38.4. The molecule has 0 fully saturated rings. The van der Waals surface area contributed by atoms with Gasteiger partial charge in [0.1, 0.15) is 5.75 Å². The highest BCUT2D eigenvalue weighted by Crippen LogP contribution is 2.34. The van der Waals surface area contributed by atoms with Gasteiger partial charge in [-0.2, -0.15) is 13.2 Å². The van der Waals surface area contributed by atoms with E-state index in [9.17, 15) is 27.9 Å². The predicted octanol–water partition coefficient (Wildman–Crippen LogP) is 2.35. The molecule has 2 rings (SSSR count). The Morgan fingerprint density at radius 2 is 1.90 bits per heavy atom. The molecule has 21 heavy (non-hydrogen) atoms. The summed E-state index contributed by atoms with van der Waals surface area (Å²) in [6.45, 7) is 0. The number of halogens is 3. The fourth-order valence-corrected chi connectivity index (χ4v) is 1.67. The molecular formula is C13H9F3N2O3. The van der Waals surface area contributed by atoms with Crippen molar-refractivity contribution in [2.24, 2.45) is 0 Å².